The normalized spacial score (nSPS) is 18.5. The number of para-hydroxylation sites is 1. The van der Waals surface area contributed by atoms with Crippen molar-refractivity contribution in [2.75, 3.05) is 32.0 Å². The maximum atomic E-state index is 14.0. The second kappa shape index (κ2) is 10.6. The van der Waals surface area contributed by atoms with Gasteiger partial charge in [0.05, 0.1) is 24.9 Å². The van der Waals surface area contributed by atoms with Gasteiger partial charge in [-0.25, -0.2) is 14.8 Å². The smallest absolute Gasteiger partial charge is 0.335 e. The number of carbonyl (C=O) groups excluding carboxylic acids is 1. The van der Waals surface area contributed by atoms with Crippen LogP contribution in [-0.4, -0.2) is 56.2 Å². The third-order valence-electron chi connectivity index (χ3n) is 7.51. The number of amides is 1. The minimum absolute atomic E-state index is 0.0932. The second-order valence-electron chi connectivity index (χ2n) is 10.7. The molecule has 0 unspecified atom stereocenters. The second-order valence-corrected chi connectivity index (χ2v) is 10.7. The van der Waals surface area contributed by atoms with E-state index in [0.29, 0.717) is 61.0 Å². The predicted molar refractivity (Wildman–Crippen MR) is 152 cm³/mol. The summed E-state index contributed by atoms with van der Waals surface area (Å²) in [6.45, 7) is 3.67. The Morgan fingerprint density at radius 3 is 2.56 bits per heavy atom. The molecule has 41 heavy (non-hydrogen) atoms. The Morgan fingerprint density at radius 1 is 1.15 bits per heavy atom. The third kappa shape index (κ3) is 4.94. The van der Waals surface area contributed by atoms with Gasteiger partial charge in [0.1, 0.15) is 35.0 Å². The van der Waals surface area contributed by atoms with Gasteiger partial charge >= 0.3 is 5.69 Å². The van der Waals surface area contributed by atoms with E-state index in [-0.39, 0.29) is 41.0 Å². The highest BCUT2D eigenvalue weighted by Gasteiger charge is 2.35. The van der Waals surface area contributed by atoms with Gasteiger partial charge in [0, 0.05) is 18.5 Å². The summed E-state index contributed by atoms with van der Waals surface area (Å²) in [6, 6.07) is 18.2. The molecule has 208 valence electrons. The molecule has 6 rings (SSSR count). The van der Waals surface area contributed by atoms with Gasteiger partial charge in [0.25, 0.3) is 5.91 Å². The van der Waals surface area contributed by atoms with Crippen LogP contribution in [0.3, 0.4) is 0 Å². The number of fused-ring (bicyclic) bond motifs is 1. The van der Waals surface area contributed by atoms with Crippen molar-refractivity contribution in [3.05, 3.63) is 83.1 Å². The zero-order chi connectivity index (χ0) is 28.6. The van der Waals surface area contributed by atoms with Crippen molar-refractivity contribution in [1.29, 1.82) is 5.26 Å². The van der Waals surface area contributed by atoms with Crippen LogP contribution < -0.4 is 16.2 Å². The van der Waals surface area contributed by atoms with Crippen molar-refractivity contribution < 1.29 is 14.3 Å². The fourth-order valence-corrected chi connectivity index (χ4v) is 5.44. The van der Waals surface area contributed by atoms with Crippen molar-refractivity contribution >= 4 is 22.9 Å². The van der Waals surface area contributed by atoms with Gasteiger partial charge in [-0.15, -0.1) is 0 Å². The largest absolute Gasteiger partial charge is 0.457 e. The zero-order valence-electron chi connectivity index (χ0n) is 22.6. The van der Waals surface area contributed by atoms with E-state index in [1.165, 1.54) is 10.9 Å². The number of nitriles is 1. The average Bonchev–Trinajstić information content (AvgIpc) is 3.28. The maximum Gasteiger partial charge on any atom is 0.335 e. The molecule has 2 saturated heterocycles. The monoisotopic (exact) mass is 551 g/mol. The molecule has 2 aliphatic heterocycles. The van der Waals surface area contributed by atoms with E-state index in [9.17, 15) is 14.9 Å². The molecule has 1 atom stereocenters. The number of aromatic nitrogens is 4. The molecule has 1 amide bonds. The number of hydrogen-bond acceptors (Lipinski definition) is 8. The first-order valence-corrected chi connectivity index (χ1v) is 13.4. The highest BCUT2D eigenvalue weighted by Crippen LogP contribution is 2.32. The summed E-state index contributed by atoms with van der Waals surface area (Å²) in [5.74, 6) is 1.15. The van der Waals surface area contributed by atoms with Crippen LogP contribution in [-0.2, 0) is 9.53 Å². The van der Waals surface area contributed by atoms with Crippen LogP contribution in [0.4, 0.5) is 5.82 Å². The summed E-state index contributed by atoms with van der Waals surface area (Å²) >= 11 is 0. The molecule has 4 heterocycles. The lowest BCUT2D eigenvalue weighted by atomic mass is 9.86. The Morgan fingerprint density at radius 2 is 1.88 bits per heavy atom. The maximum absolute atomic E-state index is 14.0. The number of nitrogens with two attached hydrogens (primary N) is 1. The number of benzene rings is 2. The van der Waals surface area contributed by atoms with Gasteiger partial charge in [-0.3, -0.25) is 13.9 Å². The summed E-state index contributed by atoms with van der Waals surface area (Å²) in [6.07, 6.45) is 4.37. The quantitative estimate of drug-likeness (QED) is 0.283. The molecule has 11 heteroatoms. The summed E-state index contributed by atoms with van der Waals surface area (Å²) in [7, 11) is 0. The first kappa shape index (κ1) is 26.3. The highest BCUT2D eigenvalue weighted by molar-refractivity contribution is 5.97. The molecule has 2 aromatic carbocycles. The van der Waals surface area contributed by atoms with Gasteiger partial charge in [0.15, 0.2) is 11.5 Å². The number of rotatable bonds is 6. The Labute approximate surface area is 236 Å². The molecule has 0 bridgehead atoms. The number of hydrogen-bond donors (Lipinski definition) is 1. The standard InChI is InChI=1S/C30H29N7O4/c1-30(17-40-18-30)14-20(15-31)28(38)35-13-5-6-22(16-35)37-27-25(26(32)33-19-34-27)36(29(37)39)21-9-11-24(12-10-21)41-23-7-3-2-4-8-23/h2-4,7-12,14,19,22H,5-6,13,16-18H2,1H3,(H2,32,33,34)/b20-14+/t22-/m0/s1. The minimum Gasteiger partial charge on any atom is -0.457 e. The van der Waals surface area contributed by atoms with Gasteiger partial charge in [0.2, 0.25) is 0 Å². The van der Waals surface area contributed by atoms with Crippen LogP contribution in [0.15, 0.2) is 77.4 Å². The molecule has 2 fully saturated rings. The van der Waals surface area contributed by atoms with Crippen molar-refractivity contribution in [3.63, 3.8) is 0 Å². The Bertz CT molecular complexity index is 1730. The minimum atomic E-state index is -0.360. The lowest BCUT2D eigenvalue weighted by Crippen LogP contribution is -2.44. The SMILES string of the molecule is CC1(/C=C(\C#N)C(=O)N2CCC[C@H](n3c(=O)n(-c4ccc(Oc5ccccc5)cc4)c4c(N)ncnc43)C2)COC1. The van der Waals surface area contributed by atoms with E-state index in [0.717, 1.165) is 0 Å². The first-order chi connectivity index (χ1) is 19.9. The Balaban J connectivity index is 1.33. The van der Waals surface area contributed by atoms with E-state index in [4.69, 9.17) is 15.2 Å². The summed E-state index contributed by atoms with van der Waals surface area (Å²) in [4.78, 5) is 37.6. The number of likely N-dealkylation sites (tertiary alicyclic amines) is 1. The number of nitrogens with zero attached hydrogens (tertiary/aromatic N) is 6. The number of nitrogen functional groups attached to an aromatic ring is 1. The van der Waals surface area contributed by atoms with Crippen molar-refractivity contribution in [2.45, 2.75) is 25.8 Å². The van der Waals surface area contributed by atoms with Crippen LogP contribution in [0.2, 0.25) is 0 Å². The summed E-state index contributed by atoms with van der Waals surface area (Å²) < 4.78 is 14.3. The lowest BCUT2D eigenvalue weighted by molar-refractivity contribution is -0.128. The highest BCUT2D eigenvalue weighted by atomic mass is 16.5. The van der Waals surface area contributed by atoms with Gasteiger partial charge in [-0.05, 0) is 49.2 Å². The molecular weight excluding hydrogens is 522 g/mol. The lowest BCUT2D eigenvalue weighted by Gasteiger charge is -2.36. The van der Waals surface area contributed by atoms with Crippen molar-refractivity contribution in [1.82, 2.24) is 24.0 Å². The number of anilines is 1. The topological polar surface area (TPSA) is 141 Å². The van der Waals surface area contributed by atoms with Crippen LogP contribution in [0.5, 0.6) is 11.5 Å². The van der Waals surface area contributed by atoms with E-state index in [1.54, 1.807) is 39.8 Å². The number of imidazole rings is 1. The van der Waals surface area contributed by atoms with Gasteiger partial charge in [-0.1, -0.05) is 31.2 Å². The Hall–Kier alpha value is -4.95. The first-order valence-electron chi connectivity index (χ1n) is 13.4. The number of piperidine rings is 1. The van der Waals surface area contributed by atoms with E-state index in [2.05, 4.69) is 16.0 Å². The van der Waals surface area contributed by atoms with Crippen molar-refractivity contribution in [2.24, 2.45) is 5.41 Å². The Kier molecular flexibility index (Phi) is 6.77. The molecule has 11 nitrogen and oxygen atoms in total. The number of ether oxygens (including phenoxy) is 2. The molecule has 2 aliphatic rings. The van der Waals surface area contributed by atoms with Crippen LogP contribution in [0.1, 0.15) is 25.8 Å². The van der Waals surface area contributed by atoms with Crippen molar-refractivity contribution in [3.8, 4) is 23.3 Å². The summed E-state index contributed by atoms with van der Waals surface area (Å²) in [5, 5.41) is 9.74. The van der Waals surface area contributed by atoms with E-state index < -0.39 is 0 Å². The third-order valence-corrected chi connectivity index (χ3v) is 7.51. The molecule has 0 radical (unpaired) electrons. The van der Waals surface area contributed by atoms with Crippen LogP contribution in [0.25, 0.3) is 16.9 Å². The average molecular weight is 552 g/mol. The molecule has 2 aromatic heterocycles. The molecule has 0 aliphatic carbocycles. The molecular formula is C30H29N7O4. The fourth-order valence-electron chi connectivity index (χ4n) is 5.44. The molecule has 0 saturated carbocycles. The van der Waals surface area contributed by atoms with E-state index >= 15 is 0 Å². The molecule has 2 N–H and O–H groups in total. The zero-order valence-corrected chi connectivity index (χ0v) is 22.6. The number of carbonyl (C=O) groups is 1. The molecule has 0 spiro atoms. The van der Waals surface area contributed by atoms with Crippen LogP contribution >= 0.6 is 0 Å². The van der Waals surface area contributed by atoms with E-state index in [1.807, 2.05) is 37.3 Å². The predicted octanol–water partition coefficient (Wildman–Crippen LogP) is 3.61. The van der Waals surface area contributed by atoms with Crippen LogP contribution in [0, 0.1) is 16.7 Å². The summed E-state index contributed by atoms with van der Waals surface area (Å²) in [5.41, 5.74) is 7.08. The fraction of sp³-hybridized carbons (Fsp3) is 0.300. The van der Waals surface area contributed by atoms with Gasteiger partial charge < -0.3 is 20.1 Å². The van der Waals surface area contributed by atoms with Gasteiger partial charge in [-0.2, -0.15) is 5.26 Å². The molecule has 4 aromatic rings.